The Kier molecular flexibility index (Phi) is 2.44. The summed E-state index contributed by atoms with van der Waals surface area (Å²) >= 11 is 0. The molecule has 0 N–H and O–H groups in total. The number of nitrogens with zero attached hydrogens (tertiary/aromatic N) is 1. The van der Waals surface area contributed by atoms with Crippen LogP contribution in [0.3, 0.4) is 0 Å². The van der Waals surface area contributed by atoms with Gasteiger partial charge in [-0.3, -0.25) is 0 Å². The molecule has 0 spiro atoms. The number of hydrogen-bond acceptors (Lipinski definition) is 1. The van der Waals surface area contributed by atoms with Crippen LogP contribution in [0.25, 0.3) is 10.8 Å². The molecule has 21 heavy (non-hydrogen) atoms. The van der Waals surface area contributed by atoms with Crippen molar-refractivity contribution >= 4 is 22.1 Å². The molecule has 0 atom stereocenters. The van der Waals surface area contributed by atoms with Crippen molar-refractivity contribution in [3.8, 4) is 0 Å². The Morgan fingerprint density at radius 2 is 1.48 bits per heavy atom. The molecule has 0 unspecified atom stereocenters. The highest BCUT2D eigenvalue weighted by Crippen LogP contribution is 2.50. The maximum atomic E-state index is 2.34. The molecule has 0 bridgehead atoms. The minimum absolute atomic E-state index is 0.0132. The van der Waals surface area contributed by atoms with Gasteiger partial charge in [-0.2, -0.15) is 0 Å². The van der Waals surface area contributed by atoms with Crippen LogP contribution in [-0.2, 0) is 5.41 Å². The third-order valence-corrected chi connectivity index (χ3v) is 4.83. The first-order valence-electron chi connectivity index (χ1n) is 7.46. The Labute approximate surface area is 125 Å². The van der Waals surface area contributed by atoms with Gasteiger partial charge in [0.15, 0.2) is 0 Å². The van der Waals surface area contributed by atoms with Crippen molar-refractivity contribution in [3.05, 3.63) is 71.8 Å². The number of hydrogen-bond donors (Lipinski definition) is 0. The Morgan fingerprint density at radius 3 is 2.33 bits per heavy atom. The van der Waals surface area contributed by atoms with Crippen molar-refractivity contribution in [2.24, 2.45) is 0 Å². The highest BCUT2D eigenvalue weighted by molar-refractivity contribution is 5.95. The molecule has 0 aliphatic carbocycles. The van der Waals surface area contributed by atoms with Crippen molar-refractivity contribution in [1.29, 1.82) is 0 Å². The van der Waals surface area contributed by atoms with Crippen molar-refractivity contribution < 1.29 is 0 Å². The molecule has 1 heteroatoms. The molecule has 0 saturated heterocycles. The molecule has 1 nitrogen and oxygen atoms in total. The van der Waals surface area contributed by atoms with E-state index in [9.17, 15) is 0 Å². The molecule has 0 radical (unpaired) electrons. The summed E-state index contributed by atoms with van der Waals surface area (Å²) in [5.41, 5.74) is 5.47. The predicted molar refractivity (Wildman–Crippen MR) is 90.6 cm³/mol. The molecule has 1 aliphatic rings. The number of benzene rings is 3. The molecule has 1 aliphatic heterocycles. The van der Waals surface area contributed by atoms with E-state index in [4.69, 9.17) is 0 Å². The van der Waals surface area contributed by atoms with Crippen molar-refractivity contribution in [3.63, 3.8) is 0 Å². The van der Waals surface area contributed by atoms with Gasteiger partial charge < -0.3 is 4.90 Å². The monoisotopic (exact) mass is 273 g/mol. The number of fused-ring (bicyclic) bond motifs is 4. The quantitative estimate of drug-likeness (QED) is 0.541. The zero-order valence-corrected chi connectivity index (χ0v) is 12.7. The van der Waals surface area contributed by atoms with Crippen LogP contribution in [0.2, 0.25) is 0 Å². The zero-order valence-electron chi connectivity index (χ0n) is 12.7. The van der Waals surface area contributed by atoms with Crippen LogP contribution in [-0.4, -0.2) is 7.05 Å². The lowest BCUT2D eigenvalue weighted by atomic mass is 9.72. The van der Waals surface area contributed by atoms with Crippen molar-refractivity contribution in [1.82, 2.24) is 0 Å². The van der Waals surface area contributed by atoms with E-state index in [1.54, 1.807) is 0 Å². The summed E-state index contributed by atoms with van der Waals surface area (Å²) in [6, 6.07) is 21.9. The summed E-state index contributed by atoms with van der Waals surface area (Å²) in [4.78, 5) is 2.32. The molecular weight excluding hydrogens is 254 g/mol. The Hall–Kier alpha value is -2.28. The molecule has 1 heterocycles. The second-order valence-electron chi connectivity index (χ2n) is 6.38. The number of rotatable bonds is 0. The summed E-state index contributed by atoms with van der Waals surface area (Å²) in [7, 11) is 2.17. The highest BCUT2D eigenvalue weighted by atomic mass is 15.1. The SMILES string of the molecule is CN1c2ccccc2C(C)(C)c2c1ccc1ccccc21. The fourth-order valence-corrected chi connectivity index (χ4v) is 3.76. The lowest BCUT2D eigenvalue weighted by Crippen LogP contribution is -2.31. The summed E-state index contributed by atoms with van der Waals surface area (Å²) in [5.74, 6) is 0. The summed E-state index contributed by atoms with van der Waals surface area (Å²) in [6.07, 6.45) is 0. The van der Waals surface area contributed by atoms with Crippen molar-refractivity contribution in [2.45, 2.75) is 19.3 Å². The van der Waals surface area contributed by atoms with Crippen LogP contribution in [0.4, 0.5) is 11.4 Å². The number of anilines is 2. The molecule has 0 amide bonds. The first kappa shape index (κ1) is 12.5. The molecule has 104 valence electrons. The Morgan fingerprint density at radius 1 is 0.762 bits per heavy atom. The van der Waals surface area contributed by atoms with Crippen LogP contribution in [0, 0.1) is 0 Å². The third kappa shape index (κ3) is 1.58. The first-order valence-corrected chi connectivity index (χ1v) is 7.46. The standard InChI is InChI=1S/C20H19N/c1-20(2)16-10-6-7-11-17(16)21(3)18-13-12-14-8-4-5-9-15(14)19(18)20/h4-13H,1-3H3. The molecule has 0 aromatic heterocycles. The van der Waals surface area contributed by atoms with Crippen LogP contribution >= 0.6 is 0 Å². The average Bonchev–Trinajstić information content (AvgIpc) is 2.52. The maximum Gasteiger partial charge on any atom is 0.0456 e. The maximum absolute atomic E-state index is 2.34. The van der Waals surface area contributed by atoms with Gasteiger partial charge in [-0.25, -0.2) is 0 Å². The van der Waals surface area contributed by atoms with Gasteiger partial charge in [-0.1, -0.05) is 62.4 Å². The summed E-state index contributed by atoms with van der Waals surface area (Å²) in [5, 5.41) is 2.68. The van der Waals surface area contributed by atoms with Gasteiger partial charge in [0, 0.05) is 23.8 Å². The van der Waals surface area contributed by atoms with E-state index in [1.807, 2.05) is 0 Å². The Balaban J connectivity index is 2.14. The number of para-hydroxylation sites is 1. The molecule has 0 fully saturated rings. The molecular formula is C20H19N. The van der Waals surface area contributed by atoms with Gasteiger partial charge in [0.05, 0.1) is 0 Å². The molecule has 3 aromatic rings. The molecule has 3 aromatic carbocycles. The molecule has 0 saturated carbocycles. The van der Waals surface area contributed by atoms with Gasteiger partial charge in [0.1, 0.15) is 0 Å². The first-order chi connectivity index (χ1) is 10.1. The fraction of sp³-hybridized carbons (Fsp3) is 0.200. The smallest absolute Gasteiger partial charge is 0.0456 e. The zero-order chi connectivity index (χ0) is 14.6. The van der Waals surface area contributed by atoms with Crippen LogP contribution in [0.1, 0.15) is 25.0 Å². The van der Waals surface area contributed by atoms with Crippen molar-refractivity contribution in [2.75, 3.05) is 11.9 Å². The molecule has 4 rings (SSSR count). The van der Waals surface area contributed by atoms with Crippen LogP contribution in [0.5, 0.6) is 0 Å². The van der Waals surface area contributed by atoms with E-state index in [-0.39, 0.29) is 5.41 Å². The normalized spacial score (nSPS) is 15.7. The highest BCUT2D eigenvalue weighted by Gasteiger charge is 2.35. The lowest BCUT2D eigenvalue weighted by molar-refractivity contribution is 0.635. The van der Waals surface area contributed by atoms with E-state index in [0.717, 1.165) is 0 Å². The predicted octanol–water partition coefficient (Wildman–Crippen LogP) is 5.25. The minimum atomic E-state index is 0.0132. The van der Waals surface area contributed by atoms with Gasteiger partial charge in [0.25, 0.3) is 0 Å². The van der Waals surface area contributed by atoms with Gasteiger partial charge in [-0.05, 0) is 34.0 Å². The van der Waals surface area contributed by atoms with E-state index in [2.05, 4.69) is 86.5 Å². The average molecular weight is 273 g/mol. The van der Waals surface area contributed by atoms with E-state index >= 15 is 0 Å². The Bertz CT molecular complexity index is 845. The largest absolute Gasteiger partial charge is 0.344 e. The summed E-state index contributed by atoms with van der Waals surface area (Å²) in [6.45, 7) is 4.67. The van der Waals surface area contributed by atoms with E-state index in [1.165, 1.54) is 33.3 Å². The van der Waals surface area contributed by atoms with Crippen LogP contribution in [0.15, 0.2) is 60.7 Å². The topological polar surface area (TPSA) is 3.24 Å². The van der Waals surface area contributed by atoms with Gasteiger partial charge in [-0.15, -0.1) is 0 Å². The summed E-state index contributed by atoms with van der Waals surface area (Å²) < 4.78 is 0. The lowest BCUT2D eigenvalue weighted by Gasteiger charge is -2.41. The van der Waals surface area contributed by atoms with E-state index in [0.29, 0.717) is 0 Å². The second kappa shape index (κ2) is 4.11. The van der Waals surface area contributed by atoms with Gasteiger partial charge >= 0.3 is 0 Å². The fourth-order valence-electron chi connectivity index (χ4n) is 3.76. The minimum Gasteiger partial charge on any atom is -0.344 e. The third-order valence-electron chi connectivity index (χ3n) is 4.83. The second-order valence-corrected chi connectivity index (χ2v) is 6.38. The van der Waals surface area contributed by atoms with E-state index < -0.39 is 0 Å². The van der Waals surface area contributed by atoms with Crippen LogP contribution < -0.4 is 4.90 Å². The van der Waals surface area contributed by atoms with Gasteiger partial charge in [0.2, 0.25) is 0 Å².